The van der Waals surface area contributed by atoms with Crippen molar-refractivity contribution >= 4 is 11.3 Å². The van der Waals surface area contributed by atoms with Gasteiger partial charge in [0.25, 0.3) is 5.19 Å². The summed E-state index contributed by atoms with van der Waals surface area (Å²) < 4.78 is 13.7. The molecular weight excluding hydrogens is 426 g/mol. The lowest BCUT2D eigenvalue weighted by atomic mass is 9.73. The number of phenols is 1. The first kappa shape index (κ1) is 21.4. The van der Waals surface area contributed by atoms with Crippen LogP contribution in [0, 0.1) is 6.92 Å². The minimum Gasteiger partial charge on any atom is -0.507 e. The van der Waals surface area contributed by atoms with E-state index in [2.05, 4.69) is 34.2 Å². The van der Waals surface area contributed by atoms with Crippen molar-refractivity contribution < 1.29 is 14.6 Å². The summed E-state index contributed by atoms with van der Waals surface area (Å²) >= 11 is 1.37. The number of aromatic hydroxyl groups is 1. The summed E-state index contributed by atoms with van der Waals surface area (Å²) in [5.74, 6) is 0.144. The van der Waals surface area contributed by atoms with Crippen LogP contribution in [-0.4, -0.2) is 67.9 Å². The Morgan fingerprint density at radius 1 is 1.16 bits per heavy atom. The Morgan fingerprint density at radius 3 is 2.62 bits per heavy atom. The molecule has 1 N–H and O–H groups in total. The van der Waals surface area contributed by atoms with E-state index in [-0.39, 0.29) is 17.4 Å². The number of fused-ring (bicyclic) bond motifs is 2. The molecule has 4 heterocycles. The summed E-state index contributed by atoms with van der Waals surface area (Å²) in [5.41, 5.74) is 2.41. The third-order valence-electron chi connectivity index (χ3n) is 7.01. The Bertz CT molecular complexity index is 1110. The van der Waals surface area contributed by atoms with Crippen molar-refractivity contribution in [2.75, 3.05) is 14.2 Å². The highest BCUT2D eigenvalue weighted by Gasteiger charge is 2.48. The van der Waals surface area contributed by atoms with E-state index in [0.29, 0.717) is 27.9 Å². The van der Waals surface area contributed by atoms with E-state index in [9.17, 15) is 5.11 Å². The zero-order chi connectivity index (χ0) is 22.5. The normalized spacial score (nSPS) is 28.1. The molecule has 4 unspecified atom stereocenters. The predicted octanol–water partition coefficient (Wildman–Crippen LogP) is 3.81. The molecule has 8 nitrogen and oxygen atoms in total. The number of rotatable bonds is 5. The summed E-state index contributed by atoms with van der Waals surface area (Å²) in [6.07, 6.45) is 6.19. The van der Waals surface area contributed by atoms with Crippen molar-refractivity contribution in [1.82, 2.24) is 24.9 Å². The Morgan fingerprint density at radius 2 is 1.94 bits per heavy atom. The van der Waals surface area contributed by atoms with Gasteiger partial charge in [0.1, 0.15) is 11.9 Å². The van der Waals surface area contributed by atoms with E-state index in [1.165, 1.54) is 11.3 Å². The topological polar surface area (TPSA) is 85.5 Å². The fraction of sp³-hybridized carbons (Fsp3) is 0.522. The molecular formula is C23H29N5O3S. The molecule has 2 aliphatic heterocycles. The number of piperidine rings is 2. The van der Waals surface area contributed by atoms with Crippen LogP contribution in [0.2, 0.25) is 0 Å². The maximum Gasteiger partial charge on any atom is 0.294 e. The number of benzene rings is 1. The third-order valence-corrected chi connectivity index (χ3v) is 7.86. The molecule has 2 saturated heterocycles. The van der Waals surface area contributed by atoms with Gasteiger partial charge in [-0.3, -0.25) is 4.90 Å². The molecule has 2 aromatic heterocycles. The number of hydrogen-bond donors (Lipinski definition) is 1. The van der Waals surface area contributed by atoms with Crippen LogP contribution in [0.25, 0.3) is 16.3 Å². The van der Waals surface area contributed by atoms with Crippen LogP contribution in [0.1, 0.15) is 38.3 Å². The van der Waals surface area contributed by atoms with Crippen LogP contribution in [-0.2, 0) is 4.74 Å². The number of hydrogen-bond acceptors (Lipinski definition) is 8. The average molecular weight is 456 g/mol. The molecule has 0 saturated carbocycles. The number of ether oxygens (including phenoxy) is 2. The Kier molecular flexibility index (Phi) is 5.43. The van der Waals surface area contributed by atoms with Crippen LogP contribution in [0.5, 0.6) is 10.9 Å². The summed E-state index contributed by atoms with van der Waals surface area (Å²) in [7, 11) is 4.02. The summed E-state index contributed by atoms with van der Waals surface area (Å²) in [4.78, 5) is 2.49. The summed E-state index contributed by atoms with van der Waals surface area (Å²) in [6, 6.07) is 7.81. The first-order chi connectivity index (χ1) is 15.3. The van der Waals surface area contributed by atoms with Gasteiger partial charge >= 0.3 is 0 Å². The van der Waals surface area contributed by atoms with Gasteiger partial charge in [0.15, 0.2) is 5.01 Å². The second-order valence-electron chi connectivity index (χ2n) is 9.22. The molecule has 0 amide bonds. The van der Waals surface area contributed by atoms with E-state index < -0.39 is 0 Å². The molecule has 0 spiro atoms. The third kappa shape index (κ3) is 3.89. The Labute approximate surface area is 191 Å². The van der Waals surface area contributed by atoms with Crippen molar-refractivity contribution in [3.63, 3.8) is 0 Å². The van der Waals surface area contributed by atoms with Crippen LogP contribution in [0.3, 0.4) is 0 Å². The van der Waals surface area contributed by atoms with Gasteiger partial charge in [-0.25, -0.2) is 4.68 Å². The maximum atomic E-state index is 10.6. The van der Waals surface area contributed by atoms with Crippen molar-refractivity contribution in [3.8, 4) is 27.2 Å². The number of methoxy groups -OCH3 is 1. The minimum absolute atomic E-state index is 0.0545. The van der Waals surface area contributed by atoms with E-state index in [4.69, 9.17) is 9.47 Å². The van der Waals surface area contributed by atoms with Gasteiger partial charge in [-0.1, -0.05) is 16.4 Å². The molecule has 9 heteroatoms. The van der Waals surface area contributed by atoms with Crippen molar-refractivity contribution in [1.29, 1.82) is 0 Å². The van der Waals surface area contributed by atoms with Crippen LogP contribution < -0.4 is 4.74 Å². The second kappa shape index (κ2) is 8.13. The van der Waals surface area contributed by atoms with E-state index >= 15 is 0 Å². The minimum atomic E-state index is 0.0545. The lowest BCUT2D eigenvalue weighted by molar-refractivity contribution is -0.105. The van der Waals surface area contributed by atoms with Crippen LogP contribution >= 0.6 is 11.3 Å². The van der Waals surface area contributed by atoms with Gasteiger partial charge < -0.3 is 14.6 Å². The number of aromatic nitrogens is 4. The van der Waals surface area contributed by atoms with E-state index in [1.807, 2.05) is 38.4 Å². The standard InChI is InChI=1S/C23H29N5O3S/c1-14-7-8-28(26-14)15-5-6-19(20(29)11-15)21-24-25-22(32-21)31-18-10-16-9-17(30-4)12-23(2,13-18)27(16)3/h5-8,11,16-18,29H,9-10,12-13H2,1-4H3. The van der Waals surface area contributed by atoms with Gasteiger partial charge in [-0.15, -0.1) is 5.10 Å². The van der Waals surface area contributed by atoms with Crippen LogP contribution in [0.4, 0.5) is 0 Å². The van der Waals surface area contributed by atoms with Gasteiger partial charge in [-0.2, -0.15) is 5.10 Å². The van der Waals surface area contributed by atoms with Gasteiger partial charge in [-0.05, 0) is 51.9 Å². The molecule has 2 aliphatic rings. The first-order valence-electron chi connectivity index (χ1n) is 11.0. The maximum absolute atomic E-state index is 10.6. The number of aryl methyl sites for hydroxylation is 1. The number of nitrogens with zero attached hydrogens (tertiary/aromatic N) is 5. The molecule has 32 heavy (non-hydrogen) atoms. The van der Waals surface area contributed by atoms with Gasteiger partial charge in [0.2, 0.25) is 0 Å². The van der Waals surface area contributed by atoms with Gasteiger partial charge in [0, 0.05) is 43.8 Å². The van der Waals surface area contributed by atoms with E-state index in [1.54, 1.807) is 10.7 Å². The first-order valence-corrected chi connectivity index (χ1v) is 11.8. The molecule has 170 valence electrons. The van der Waals surface area contributed by atoms with Crippen molar-refractivity contribution in [3.05, 3.63) is 36.2 Å². The molecule has 4 atom stereocenters. The lowest BCUT2D eigenvalue weighted by Crippen LogP contribution is -2.62. The SMILES string of the molecule is COC1CC2CC(Oc3nnc(-c4ccc(-n5ccc(C)n5)cc4O)s3)CC(C)(C1)N2C. The van der Waals surface area contributed by atoms with Crippen molar-refractivity contribution in [2.24, 2.45) is 0 Å². The Hall–Kier alpha value is -2.49. The highest BCUT2D eigenvalue weighted by Crippen LogP contribution is 2.43. The molecule has 2 fully saturated rings. The monoisotopic (exact) mass is 455 g/mol. The quantitative estimate of drug-likeness (QED) is 0.626. The molecule has 0 aliphatic carbocycles. The molecule has 0 radical (unpaired) electrons. The zero-order valence-electron chi connectivity index (χ0n) is 18.9. The zero-order valence-corrected chi connectivity index (χ0v) is 19.7. The van der Waals surface area contributed by atoms with Crippen LogP contribution in [0.15, 0.2) is 30.5 Å². The van der Waals surface area contributed by atoms with Gasteiger partial charge in [0.05, 0.1) is 23.0 Å². The highest BCUT2D eigenvalue weighted by atomic mass is 32.1. The van der Waals surface area contributed by atoms with Crippen molar-refractivity contribution in [2.45, 2.75) is 63.3 Å². The highest BCUT2D eigenvalue weighted by molar-refractivity contribution is 7.16. The fourth-order valence-electron chi connectivity index (χ4n) is 5.16. The Balaban J connectivity index is 1.31. The molecule has 5 rings (SSSR count). The summed E-state index contributed by atoms with van der Waals surface area (Å²) in [6.45, 7) is 4.23. The lowest BCUT2D eigenvalue weighted by Gasteiger charge is -2.55. The molecule has 2 bridgehead atoms. The molecule has 3 aromatic rings. The van der Waals surface area contributed by atoms with E-state index in [0.717, 1.165) is 37.1 Å². The summed E-state index contributed by atoms with van der Waals surface area (Å²) in [5, 5.41) is 24.7. The fourth-order valence-corrected chi connectivity index (χ4v) is 5.95. The largest absolute Gasteiger partial charge is 0.507 e. The second-order valence-corrected chi connectivity index (χ2v) is 10.2. The number of phenolic OH excluding ortho intramolecular Hbond substituents is 1. The molecule has 1 aromatic carbocycles. The smallest absolute Gasteiger partial charge is 0.294 e. The predicted molar refractivity (Wildman–Crippen MR) is 123 cm³/mol. The average Bonchev–Trinajstić information content (AvgIpc) is 3.38.